The lowest BCUT2D eigenvalue weighted by Gasteiger charge is -2.21. The number of ether oxygens (including phenoxy) is 2. The van der Waals surface area contributed by atoms with Gasteiger partial charge in [0.15, 0.2) is 18.0 Å². The predicted molar refractivity (Wildman–Crippen MR) is 147 cm³/mol. The molecule has 11 heteroatoms. The summed E-state index contributed by atoms with van der Waals surface area (Å²) in [6, 6.07) is 15.9. The van der Waals surface area contributed by atoms with E-state index in [2.05, 4.69) is 26.2 Å². The largest absolute Gasteiger partial charge is 0.485 e. The monoisotopic (exact) mass is 604 g/mol. The zero-order valence-electron chi connectivity index (χ0n) is 20.0. The molecule has 0 atom stereocenters. The van der Waals surface area contributed by atoms with Crippen LogP contribution in [0.15, 0.2) is 65.4 Å². The van der Waals surface area contributed by atoms with Crippen molar-refractivity contribution < 1.29 is 19.1 Å². The zero-order valence-corrected chi connectivity index (χ0v) is 23.1. The second-order valence-corrected chi connectivity index (χ2v) is 9.57. The van der Waals surface area contributed by atoms with Gasteiger partial charge < -0.3 is 19.7 Å². The molecule has 8 nitrogen and oxygen atoms in total. The number of halogens is 3. The molecule has 0 unspecified atom stereocenters. The van der Waals surface area contributed by atoms with Crippen LogP contribution < -0.4 is 19.7 Å². The Morgan fingerprint density at radius 3 is 2.59 bits per heavy atom. The minimum atomic E-state index is -0.420. The molecule has 0 radical (unpaired) electrons. The molecule has 2 aromatic heterocycles. The standard InChI is InChI=1S/C26H23BrCl2N4O4/c1-16-25(27)33-12-6-9-21(26(33)31-16)37-14-18-19(28)10-11-20(24(18)29)32(2)23(35)13-30-22(34)15-36-17-7-4-3-5-8-17/h3-12H,13-15H2,1-2H3,(H,30,34). The first-order valence-electron chi connectivity index (χ1n) is 11.2. The summed E-state index contributed by atoms with van der Waals surface area (Å²) in [6.07, 6.45) is 1.88. The molecule has 4 rings (SSSR count). The van der Waals surface area contributed by atoms with E-state index in [-0.39, 0.29) is 30.7 Å². The summed E-state index contributed by atoms with van der Waals surface area (Å²) in [5.74, 6) is 0.331. The molecule has 37 heavy (non-hydrogen) atoms. The molecule has 0 bridgehead atoms. The van der Waals surface area contributed by atoms with E-state index in [1.807, 2.05) is 29.7 Å². The number of likely N-dealkylation sites (N-methyl/N-ethyl adjacent to an activating group) is 1. The van der Waals surface area contributed by atoms with Gasteiger partial charge in [-0.15, -0.1) is 0 Å². The molecule has 0 aliphatic carbocycles. The number of pyridine rings is 1. The predicted octanol–water partition coefficient (Wildman–Crippen LogP) is 5.45. The van der Waals surface area contributed by atoms with Gasteiger partial charge in [-0.25, -0.2) is 4.98 Å². The topological polar surface area (TPSA) is 85.2 Å². The van der Waals surface area contributed by atoms with E-state index in [1.165, 1.54) is 4.90 Å². The van der Waals surface area contributed by atoms with Crippen molar-refractivity contribution in [1.29, 1.82) is 0 Å². The summed E-state index contributed by atoms with van der Waals surface area (Å²) in [5.41, 5.74) is 2.43. The van der Waals surface area contributed by atoms with Crippen LogP contribution in [0.1, 0.15) is 11.3 Å². The van der Waals surface area contributed by atoms with Crippen LogP contribution in [-0.2, 0) is 16.2 Å². The molecule has 2 heterocycles. The van der Waals surface area contributed by atoms with Crippen LogP contribution >= 0.6 is 39.1 Å². The van der Waals surface area contributed by atoms with Gasteiger partial charge in [-0.1, -0.05) is 41.4 Å². The Bertz CT molecular complexity index is 1450. The third kappa shape index (κ3) is 6.18. The van der Waals surface area contributed by atoms with Crippen LogP contribution in [0, 0.1) is 6.92 Å². The fraction of sp³-hybridized carbons (Fsp3) is 0.192. The molecule has 4 aromatic rings. The van der Waals surface area contributed by atoms with Crippen molar-refractivity contribution in [2.45, 2.75) is 13.5 Å². The number of imidazole rings is 1. The molecule has 192 valence electrons. The van der Waals surface area contributed by atoms with Crippen molar-refractivity contribution in [2.75, 3.05) is 25.1 Å². The average molecular weight is 606 g/mol. The van der Waals surface area contributed by atoms with Crippen molar-refractivity contribution in [1.82, 2.24) is 14.7 Å². The van der Waals surface area contributed by atoms with Crippen LogP contribution in [0.2, 0.25) is 10.0 Å². The Kier molecular flexibility index (Phi) is 8.58. The van der Waals surface area contributed by atoms with Crippen LogP contribution in [0.4, 0.5) is 5.69 Å². The number of anilines is 1. The number of aryl methyl sites for hydroxylation is 1. The third-order valence-corrected chi connectivity index (χ3v) is 7.27. The number of nitrogens with one attached hydrogen (secondary N) is 1. The summed E-state index contributed by atoms with van der Waals surface area (Å²) < 4.78 is 14.1. The third-order valence-electron chi connectivity index (χ3n) is 5.54. The number of fused-ring (bicyclic) bond motifs is 1. The first-order valence-corrected chi connectivity index (χ1v) is 12.7. The zero-order chi connectivity index (χ0) is 26.5. The fourth-order valence-electron chi connectivity index (χ4n) is 3.51. The summed E-state index contributed by atoms with van der Waals surface area (Å²) in [4.78, 5) is 30.8. The minimum Gasteiger partial charge on any atom is -0.485 e. The summed E-state index contributed by atoms with van der Waals surface area (Å²) in [5, 5.41) is 3.23. The van der Waals surface area contributed by atoms with Gasteiger partial charge in [0.05, 0.1) is 22.9 Å². The first-order chi connectivity index (χ1) is 17.8. The van der Waals surface area contributed by atoms with Crippen LogP contribution in [0.5, 0.6) is 11.5 Å². The van der Waals surface area contributed by atoms with E-state index in [0.717, 1.165) is 10.3 Å². The molecule has 0 aliphatic rings. The number of carbonyl (C=O) groups is 2. The smallest absolute Gasteiger partial charge is 0.258 e. The Morgan fingerprint density at radius 2 is 1.84 bits per heavy atom. The number of aromatic nitrogens is 2. The summed E-state index contributed by atoms with van der Waals surface area (Å²) in [6.45, 7) is 1.52. The van der Waals surface area contributed by atoms with E-state index >= 15 is 0 Å². The number of carbonyl (C=O) groups excluding carboxylic acids is 2. The van der Waals surface area contributed by atoms with Gasteiger partial charge in [0.1, 0.15) is 17.0 Å². The molecule has 0 aliphatic heterocycles. The minimum absolute atomic E-state index is 0.0598. The van der Waals surface area contributed by atoms with E-state index in [9.17, 15) is 9.59 Å². The molecule has 2 aromatic carbocycles. The van der Waals surface area contributed by atoms with Gasteiger partial charge in [0.2, 0.25) is 5.91 Å². The number of hydrogen-bond acceptors (Lipinski definition) is 5. The Hall–Kier alpha value is -3.27. The molecular formula is C26H23BrCl2N4O4. The molecular weight excluding hydrogens is 583 g/mol. The molecule has 0 saturated carbocycles. The highest BCUT2D eigenvalue weighted by Gasteiger charge is 2.20. The lowest BCUT2D eigenvalue weighted by atomic mass is 10.2. The number of hydrogen-bond donors (Lipinski definition) is 1. The van der Waals surface area contributed by atoms with E-state index < -0.39 is 5.91 Å². The number of rotatable bonds is 9. The molecule has 0 saturated heterocycles. The normalized spacial score (nSPS) is 10.8. The lowest BCUT2D eigenvalue weighted by molar-refractivity contribution is -0.126. The second kappa shape index (κ2) is 11.9. The number of benzene rings is 2. The van der Waals surface area contributed by atoms with Gasteiger partial charge in [-0.2, -0.15) is 0 Å². The Labute approximate surface area is 232 Å². The molecule has 1 N–H and O–H groups in total. The van der Waals surface area contributed by atoms with Crippen LogP contribution in [0.25, 0.3) is 5.65 Å². The first kappa shape index (κ1) is 26.8. The molecule has 2 amide bonds. The van der Waals surface area contributed by atoms with Gasteiger partial charge in [-0.05, 0) is 59.3 Å². The summed E-state index contributed by atoms with van der Waals surface area (Å²) in [7, 11) is 1.57. The highest BCUT2D eigenvalue weighted by atomic mass is 79.9. The van der Waals surface area contributed by atoms with Gasteiger partial charge >= 0.3 is 0 Å². The molecule has 0 spiro atoms. The maximum atomic E-state index is 12.8. The Morgan fingerprint density at radius 1 is 1.08 bits per heavy atom. The SMILES string of the molecule is Cc1nc2c(OCc3c(Cl)ccc(N(C)C(=O)CNC(=O)COc4ccccc4)c3Cl)cccn2c1Br. The molecule has 0 fully saturated rings. The average Bonchev–Trinajstić information content (AvgIpc) is 3.20. The van der Waals surface area contributed by atoms with E-state index in [1.54, 1.807) is 49.5 Å². The quantitative estimate of drug-likeness (QED) is 0.274. The van der Waals surface area contributed by atoms with Crippen molar-refractivity contribution in [2.24, 2.45) is 0 Å². The summed E-state index contributed by atoms with van der Waals surface area (Å²) >= 11 is 16.6. The van der Waals surface area contributed by atoms with Crippen molar-refractivity contribution in [3.8, 4) is 11.5 Å². The van der Waals surface area contributed by atoms with Crippen LogP contribution in [-0.4, -0.2) is 41.4 Å². The second-order valence-electron chi connectivity index (χ2n) is 8.03. The van der Waals surface area contributed by atoms with Gasteiger partial charge in [0.25, 0.3) is 5.91 Å². The van der Waals surface area contributed by atoms with Crippen molar-refractivity contribution in [3.63, 3.8) is 0 Å². The maximum absolute atomic E-state index is 12.8. The van der Waals surface area contributed by atoms with Gasteiger partial charge in [-0.3, -0.25) is 14.0 Å². The van der Waals surface area contributed by atoms with E-state index in [4.69, 9.17) is 32.7 Å². The highest BCUT2D eigenvalue weighted by Crippen LogP contribution is 2.35. The van der Waals surface area contributed by atoms with Gasteiger partial charge in [0, 0.05) is 23.8 Å². The van der Waals surface area contributed by atoms with E-state index in [0.29, 0.717) is 33.4 Å². The van der Waals surface area contributed by atoms with Crippen molar-refractivity contribution in [3.05, 3.63) is 86.7 Å². The number of nitrogens with zero attached hydrogens (tertiary/aromatic N) is 3. The number of amides is 2. The number of para-hydroxylation sites is 1. The Balaban J connectivity index is 1.40. The van der Waals surface area contributed by atoms with Crippen LogP contribution in [0.3, 0.4) is 0 Å². The van der Waals surface area contributed by atoms with Crippen molar-refractivity contribution >= 4 is 62.3 Å². The maximum Gasteiger partial charge on any atom is 0.258 e. The fourth-order valence-corrected chi connectivity index (χ4v) is 4.49. The lowest BCUT2D eigenvalue weighted by Crippen LogP contribution is -2.40. The highest BCUT2D eigenvalue weighted by molar-refractivity contribution is 9.10.